The lowest BCUT2D eigenvalue weighted by atomic mass is 10.1. The highest BCUT2D eigenvalue weighted by molar-refractivity contribution is 5.66. The average Bonchev–Trinajstić information content (AvgIpc) is 3.10. The summed E-state index contributed by atoms with van der Waals surface area (Å²) in [5, 5.41) is 0. The fourth-order valence-corrected chi connectivity index (χ4v) is 4.01. The fraction of sp³-hybridized carbons (Fsp3) is 0.360. The van der Waals surface area contributed by atoms with E-state index >= 15 is 0 Å². The van der Waals surface area contributed by atoms with Crippen molar-refractivity contribution in [3.8, 4) is 22.7 Å². The van der Waals surface area contributed by atoms with Crippen LogP contribution < -0.4 is 4.74 Å². The molecule has 0 radical (unpaired) electrons. The van der Waals surface area contributed by atoms with E-state index in [2.05, 4.69) is 65.8 Å². The Labute approximate surface area is 173 Å². The third kappa shape index (κ3) is 4.24. The van der Waals surface area contributed by atoms with Gasteiger partial charge in [-0.25, -0.2) is 0 Å². The van der Waals surface area contributed by atoms with Gasteiger partial charge in [-0.1, -0.05) is 31.2 Å². The lowest BCUT2D eigenvalue weighted by molar-refractivity contribution is 0.0341. The Morgan fingerprint density at radius 3 is 2.28 bits per heavy atom. The molecule has 0 spiro atoms. The van der Waals surface area contributed by atoms with Crippen molar-refractivity contribution < 1.29 is 9.47 Å². The number of ether oxygens (including phenoxy) is 2. The number of aromatic nitrogens is 1. The Balaban J connectivity index is 1.76. The van der Waals surface area contributed by atoms with Crippen LogP contribution in [0.4, 0.5) is 0 Å². The average molecular weight is 391 g/mol. The Morgan fingerprint density at radius 2 is 1.66 bits per heavy atom. The van der Waals surface area contributed by atoms with Gasteiger partial charge >= 0.3 is 0 Å². The molecule has 152 valence electrons. The van der Waals surface area contributed by atoms with Crippen molar-refractivity contribution >= 4 is 0 Å². The third-order valence-electron chi connectivity index (χ3n) is 5.84. The van der Waals surface area contributed by atoms with Crippen molar-refractivity contribution in [2.45, 2.75) is 26.8 Å². The van der Waals surface area contributed by atoms with E-state index in [-0.39, 0.29) is 0 Å². The summed E-state index contributed by atoms with van der Waals surface area (Å²) in [6, 6.07) is 19.6. The summed E-state index contributed by atoms with van der Waals surface area (Å²) in [6.07, 6.45) is 1.06. The molecule has 2 aromatic carbocycles. The number of morpholine rings is 1. The second-order valence-electron chi connectivity index (χ2n) is 7.61. The first-order valence-electron chi connectivity index (χ1n) is 10.4. The third-order valence-corrected chi connectivity index (χ3v) is 5.84. The molecular weight excluding hydrogens is 360 g/mol. The minimum absolute atomic E-state index is 0.823. The van der Waals surface area contributed by atoms with Crippen molar-refractivity contribution in [1.82, 2.24) is 9.47 Å². The second kappa shape index (κ2) is 8.85. The van der Waals surface area contributed by atoms with Gasteiger partial charge in [-0.3, -0.25) is 4.90 Å². The maximum Gasteiger partial charge on any atom is 0.119 e. The van der Waals surface area contributed by atoms with E-state index in [1.54, 1.807) is 7.11 Å². The Bertz CT molecular complexity index is 936. The van der Waals surface area contributed by atoms with Gasteiger partial charge in [0, 0.05) is 31.0 Å². The van der Waals surface area contributed by atoms with Crippen LogP contribution in [-0.4, -0.2) is 42.9 Å². The highest BCUT2D eigenvalue weighted by Gasteiger charge is 2.18. The summed E-state index contributed by atoms with van der Waals surface area (Å²) < 4.78 is 13.2. The molecule has 1 aliphatic heterocycles. The van der Waals surface area contributed by atoms with Gasteiger partial charge in [0.25, 0.3) is 0 Å². The first-order chi connectivity index (χ1) is 14.2. The van der Waals surface area contributed by atoms with E-state index in [0.717, 1.165) is 50.7 Å². The van der Waals surface area contributed by atoms with Gasteiger partial charge in [-0.15, -0.1) is 0 Å². The molecule has 4 rings (SSSR count). The molecule has 29 heavy (non-hydrogen) atoms. The van der Waals surface area contributed by atoms with Crippen LogP contribution in [0.3, 0.4) is 0 Å². The molecular formula is C25H30N2O2. The number of nitrogens with zero attached hydrogens (tertiary/aromatic N) is 2. The van der Waals surface area contributed by atoms with Gasteiger partial charge in [0.2, 0.25) is 0 Å². The topological polar surface area (TPSA) is 26.6 Å². The van der Waals surface area contributed by atoms with Crippen LogP contribution >= 0.6 is 0 Å². The number of rotatable bonds is 6. The molecule has 0 bridgehead atoms. The Hall–Kier alpha value is -2.56. The van der Waals surface area contributed by atoms with Crippen LogP contribution in [0.1, 0.15) is 23.7 Å². The molecule has 1 aliphatic rings. The summed E-state index contributed by atoms with van der Waals surface area (Å²) >= 11 is 0. The minimum Gasteiger partial charge on any atom is -0.497 e. The maximum atomic E-state index is 5.52. The molecule has 0 N–H and O–H groups in total. The van der Waals surface area contributed by atoms with Crippen molar-refractivity contribution in [1.29, 1.82) is 0 Å². The normalized spacial score (nSPS) is 14.9. The monoisotopic (exact) mass is 390 g/mol. The van der Waals surface area contributed by atoms with E-state index in [4.69, 9.17) is 9.47 Å². The lowest BCUT2D eigenvalue weighted by Gasteiger charge is -2.26. The van der Waals surface area contributed by atoms with Crippen molar-refractivity contribution in [2.24, 2.45) is 0 Å². The molecule has 1 saturated heterocycles. The quantitative estimate of drug-likeness (QED) is 0.602. The van der Waals surface area contributed by atoms with Crippen molar-refractivity contribution in [3.05, 3.63) is 71.4 Å². The molecule has 0 aliphatic carbocycles. The SMILES string of the molecule is CCc1ccc(-c2cc(CN3CCOCC3)c(C)n2-c2ccc(OC)cc2)cc1. The van der Waals surface area contributed by atoms with Crippen LogP contribution in [0.5, 0.6) is 5.75 Å². The van der Waals surface area contributed by atoms with Gasteiger partial charge in [-0.2, -0.15) is 0 Å². The first kappa shape index (κ1) is 19.7. The number of benzene rings is 2. The molecule has 2 heterocycles. The van der Waals surface area contributed by atoms with Crippen molar-refractivity contribution in [2.75, 3.05) is 33.4 Å². The summed E-state index contributed by atoms with van der Waals surface area (Å²) in [5.41, 5.74) is 7.66. The summed E-state index contributed by atoms with van der Waals surface area (Å²) in [6.45, 7) is 9.01. The lowest BCUT2D eigenvalue weighted by Crippen LogP contribution is -2.35. The van der Waals surface area contributed by atoms with Crippen LogP contribution in [0.2, 0.25) is 0 Å². The number of methoxy groups -OCH3 is 1. The van der Waals surface area contributed by atoms with E-state index in [0.29, 0.717) is 0 Å². The highest BCUT2D eigenvalue weighted by atomic mass is 16.5. The largest absolute Gasteiger partial charge is 0.497 e. The summed E-state index contributed by atoms with van der Waals surface area (Å²) in [5.74, 6) is 0.876. The predicted molar refractivity (Wildman–Crippen MR) is 118 cm³/mol. The van der Waals surface area contributed by atoms with Gasteiger partial charge < -0.3 is 14.0 Å². The van der Waals surface area contributed by atoms with Crippen LogP contribution in [0.25, 0.3) is 16.9 Å². The molecule has 0 atom stereocenters. The molecule has 1 aromatic heterocycles. The minimum atomic E-state index is 0.823. The van der Waals surface area contributed by atoms with E-state index < -0.39 is 0 Å². The standard InChI is InChI=1S/C25H30N2O2/c1-4-20-5-7-21(8-6-20)25-17-22(18-26-13-15-29-16-14-26)19(2)27(25)23-9-11-24(28-3)12-10-23/h5-12,17H,4,13-16,18H2,1-3H3. The van der Waals surface area contributed by atoms with E-state index in [1.807, 2.05) is 12.1 Å². The van der Waals surface area contributed by atoms with Gasteiger partial charge in [0.1, 0.15) is 5.75 Å². The predicted octanol–water partition coefficient (Wildman–Crippen LogP) is 4.86. The smallest absolute Gasteiger partial charge is 0.119 e. The zero-order valence-electron chi connectivity index (χ0n) is 17.6. The van der Waals surface area contributed by atoms with E-state index in [9.17, 15) is 0 Å². The summed E-state index contributed by atoms with van der Waals surface area (Å²) in [4.78, 5) is 2.48. The molecule has 0 unspecified atom stereocenters. The highest BCUT2D eigenvalue weighted by Crippen LogP contribution is 2.31. The molecule has 0 saturated carbocycles. The number of aryl methyl sites for hydroxylation is 1. The van der Waals surface area contributed by atoms with Crippen LogP contribution in [-0.2, 0) is 17.7 Å². The van der Waals surface area contributed by atoms with Crippen molar-refractivity contribution in [3.63, 3.8) is 0 Å². The van der Waals surface area contributed by atoms with Crippen LogP contribution in [0, 0.1) is 6.92 Å². The Kier molecular flexibility index (Phi) is 6.02. The zero-order chi connectivity index (χ0) is 20.2. The zero-order valence-corrected chi connectivity index (χ0v) is 17.6. The molecule has 1 fully saturated rings. The van der Waals surface area contributed by atoms with Crippen LogP contribution in [0.15, 0.2) is 54.6 Å². The molecule has 3 aromatic rings. The number of hydrogen-bond donors (Lipinski definition) is 0. The van der Waals surface area contributed by atoms with Gasteiger partial charge in [-0.05, 0) is 60.4 Å². The molecule has 0 amide bonds. The maximum absolute atomic E-state index is 5.52. The molecule has 4 nitrogen and oxygen atoms in total. The van der Waals surface area contributed by atoms with E-state index in [1.165, 1.54) is 28.1 Å². The first-order valence-corrected chi connectivity index (χ1v) is 10.4. The summed E-state index contributed by atoms with van der Waals surface area (Å²) in [7, 11) is 1.71. The Morgan fingerprint density at radius 1 is 0.966 bits per heavy atom. The van der Waals surface area contributed by atoms with Gasteiger partial charge in [0.05, 0.1) is 26.0 Å². The second-order valence-corrected chi connectivity index (χ2v) is 7.61. The fourth-order valence-electron chi connectivity index (χ4n) is 4.01. The molecule has 4 heteroatoms. The number of hydrogen-bond acceptors (Lipinski definition) is 3. The van der Waals surface area contributed by atoms with Gasteiger partial charge in [0.15, 0.2) is 0 Å².